The van der Waals surface area contributed by atoms with Crippen molar-refractivity contribution in [2.75, 3.05) is 0 Å². The van der Waals surface area contributed by atoms with E-state index < -0.39 is 6.10 Å². The van der Waals surface area contributed by atoms with Crippen LogP contribution in [0.3, 0.4) is 0 Å². The Labute approximate surface area is 108 Å². The first-order valence-corrected chi connectivity index (χ1v) is 6.33. The second kappa shape index (κ2) is 4.72. The van der Waals surface area contributed by atoms with Gasteiger partial charge < -0.3 is 9.63 Å². The normalized spacial score (nSPS) is 12.5. The topological polar surface area (TPSA) is 59.2 Å². The molecule has 2 aromatic heterocycles. The number of rotatable bonds is 3. The summed E-state index contributed by atoms with van der Waals surface area (Å²) in [4.78, 5) is 5.13. The van der Waals surface area contributed by atoms with E-state index in [9.17, 15) is 5.11 Å². The van der Waals surface area contributed by atoms with E-state index in [1.165, 1.54) is 11.3 Å². The van der Waals surface area contributed by atoms with Gasteiger partial charge in [-0.1, -0.05) is 41.6 Å². The maximum atomic E-state index is 10.1. The van der Waals surface area contributed by atoms with Crippen molar-refractivity contribution in [3.63, 3.8) is 0 Å². The number of aliphatic hydroxyl groups is 1. The molecule has 0 aliphatic rings. The van der Waals surface area contributed by atoms with E-state index >= 15 is 0 Å². The molecular weight excluding hydrogens is 248 g/mol. The van der Waals surface area contributed by atoms with Gasteiger partial charge in [0.05, 0.1) is 4.88 Å². The lowest BCUT2D eigenvalue weighted by atomic mass is 10.1. The molecule has 1 atom stereocenters. The Morgan fingerprint density at radius 2 is 1.94 bits per heavy atom. The minimum atomic E-state index is -0.882. The summed E-state index contributed by atoms with van der Waals surface area (Å²) in [6.07, 6.45) is -0.882. The molecule has 0 radical (unpaired) electrons. The van der Waals surface area contributed by atoms with Gasteiger partial charge in [0.15, 0.2) is 6.10 Å². The average molecular weight is 258 g/mol. The van der Waals surface area contributed by atoms with Gasteiger partial charge in [0.2, 0.25) is 5.82 Å². The lowest BCUT2D eigenvalue weighted by Gasteiger charge is -2.04. The summed E-state index contributed by atoms with van der Waals surface area (Å²) >= 11 is 1.53. The van der Waals surface area contributed by atoms with Crippen molar-refractivity contribution < 1.29 is 9.63 Å². The van der Waals surface area contributed by atoms with Crippen LogP contribution in [0.2, 0.25) is 0 Å². The largest absolute Gasteiger partial charge is 0.378 e. The van der Waals surface area contributed by atoms with Crippen LogP contribution in [-0.2, 0) is 0 Å². The molecule has 0 aliphatic carbocycles. The van der Waals surface area contributed by atoms with Crippen molar-refractivity contribution in [2.24, 2.45) is 0 Å². The summed E-state index contributed by atoms with van der Waals surface area (Å²) in [5.41, 5.74) is 0.735. The van der Waals surface area contributed by atoms with Crippen molar-refractivity contribution in [1.29, 1.82) is 0 Å². The Morgan fingerprint density at radius 3 is 2.67 bits per heavy atom. The van der Waals surface area contributed by atoms with Gasteiger partial charge in [-0.25, -0.2) is 0 Å². The van der Waals surface area contributed by atoms with Crippen LogP contribution in [0.5, 0.6) is 0 Å². The maximum Gasteiger partial charge on any atom is 0.260 e. The standard InChI is InChI=1S/C13H10N2O2S/c16-11(9-5-2-1-3-6-9)13-14-12(15-17-13)10-7-4-8-18-10/h1-8,11,16H. The van der Waals surface area contributed by atoms with Gasteiger partial charge >= 0.3 is 0 Å². The highest BCUT2D eigenvalue weighted by Gasteiger charge is 2.18. The molecule has 3 aromatic rings. The second-order valence-corrected chi connectivity index (χ2v) is 4.69. The molecule has 0 saturated carbocycles. The van der Waals surface area contributed by atoms with Gasteiger partial charge in [-0.2, -0.15) is 4.98 Å². The Balaban J connectivity index is 1.90. The average Bonchev–Trinajstić information content (AvgIpc) is 3.09. The minimum Gasteiger partial charge on any atom is -0.378 e. The van der Waals surface area contributed by atoms with Crippen LogP contribution in [0.25, 0.3) is 10.7 Å². The van der Waals surface area contributed by atoms with E-state index in [-0.39, 0.29) is 5.89 Å². The summed E-state index contributed by atoms with van der Waals surface area (Å²) in [5.74, 6) is 0.722. The van der Waals surface area contributed by atoms with Crippen molar-refractivity contribution >= 4 is 11.3 Å². The zero-order chi connectivity index (χ0) is 12.4. The van der Waals surface area contributed by atoms with Crippen LogP contribution >= 0.6 is 11.3 Å². The van der Waals surface area contributed by atoms with Gasteiger partial charge in [0, 0.05) is 0 Å². The number of hydrogen-bond acceptors (Lipinski definition) is 5. The quantitative estimate of drug-likeness (QED) is 0.784. The zero-order valence-corrected chi connectivity index (χ0v) is 10.2. The molecule has 0 fully saturated rings. The van der Waals surface area contributed by atoms with E-state index in [1.807, 2.05) is 47.8 Å². The molecular formula is C13H10N2O2S. The number of benzene rings is 1. The minimum absolute atomic E-state index is 0.213. The summed E-state index contributed by atoms with van der Waals surface area (Å²) in [6, 6.07) is 13.1. The summed E-state index contributed by atoms with van der Waals surface area (Å²) in [7, 11) is 0. The Kier molecular flexibility index (Phi) is 2.92. The lowest BCUT2D eigenvalue weighted by Crippen LogP contribution is -1.99. The molecule has 1 aromatic carbocycles. The summed E-state index contributed by atoms with van der Waals surface area (Å²) in [5, 5.41) is 15.9. The predicted octanol–water partition coefficient (Wildman–Crippen LogP) is 2.88. The number of thiophene rings is 1. The monoisotopic (exact) mass is 258 g/mol. The third kappa shape index (κ3) is 2.05. The number of nitrogens with zero attached hydrogens (tertiary/aromatic N) is 2. The first-order chi connectivity index (χ1) is 8.84. The van der Waals surface area contributed by atoms with Crippen molar-refractivity contribution in [1.82, 2.24) is 10.1 Å². The molecule has 90 valence electrons. The van der Waals surface area contributed by atoms with Crippen LogP contribution in [0.4, 0.5) is 0 Å². The molecule has 0 saturated heterocycles. The Hall–Kier alpha value is -1.98. The molecule has 1 unspecified atom stereocenters. The zero-order valence-electron chi connectivity index (χ0n) is 9.35. The van der Waals surface area contributed by atoms with E-state index in [0.29, 0.717) is 5.82 Å². The number of aromatic nitrogens is 2. The molecule has 0 bridgehead atoms. The van der Waals surface area contributed by atoms with E-state index in [2.05, 4.69) is 10.1 Å². The highest BCUT2D eigenvalue weighted by molar-refractivity contribution is 7.13. The molecule has 5 heteroatoms. The number of hydrogen-bond donors (Lipinski definition) is 1. The smallest absolute Gasteiger partial charge is 0.260 e. The van der Waals surface area contributed by atoms with E-state index in [0.717, 1.165) is 10.4 Å². The Morgan fingerprint density at radius 1 is 1.11 bits per heavy atom. The van der Waals surface area contributed by atoms with Crippen molar-refractivity contribution in [3.8, 4) is 10.7 Å². The van der Waals surface area contributed by atoms with Gasteiger partial charge in [-0.3, -0.25) is 0 Å². The first-order valence-electron chi connectivity index (χ1n) is 5.45. The molecule has 3 rings (SSSR count). The van der Waals surface area contributed by atoms with Crippen LogP contribution in [-0.4, -0.2) is 15.2 Å². The lowest BCUT2D eigenvalue weighted by molar-refractivity contribution is 0.170. The molecule has 0 aliphatic heterocycles. The second-order valence-electron chi connectivity index (χ2n) is 3.75. The van der Waals surface area contributed by atoms with Crippen LogP contribution < -0.4 is 0 Å². The summed E-state index contributed by atoms with van der Waals surface area (Å²) < 4.78 is 5.10. The fourth-order valence-corrected chi connectivity index (χ4v) is 2.28. The van der Waals surface area contributed by atoms with Gasteiger partial charge in [0.1, 0.15) is 0 Å². The fourth-order valence-electron chi connectivity index (χ4n) is 1.63. The number of aliphatic hydroxyl groups excluding tert-OH is 1. The van der Waals surface area contributed by atoms with Gasteiger partial charge in [-0.05, 0) is 17.0 Å². The molecule has 18 heavy (non-hydrogen) atoms. The van der Waals surface area contributed by atoms with E-state index in [1.54, 1.807) is 0 Å². The van der Waals surface area contributed by atoms with Crippen LogP contribution in [0.1, 0.15) is 17.6 Å². The Bertz CT molecular complexity index is 620. The van der Waals surface area contributed by atoms with E-state index in [4.69, 9.17) is 4.52 Å². The molecule has 0 spiro atoms. The first kappa shape index (κ1) is 11.1. The van der Waals surface area contributed by atoms with Gasteiger partial charge in [-0.15, -0.1) is 11.3 Å². The van der Waals surface area contributed by atoms with Gasteiger partial charge in [0.25, 0.3) is 5.89 Å². The molecule has 0 amide bonds. The molecule has 4 nitrogen and oxygen atoms in total. The van der Waals surface area contributed by atoms with Crippen molar-refractivity contribution in [3.05, 3.63) is 59.3 Å². The third-order valence-electron chi connectivity index (χ3n) is 2.53. The van der Waals surface area contributed by atoms with Crippen LogP contribution in [0.15, 0.2) is 52.4 Å². The highest BCUT2D eigenvalue weighted by Crippen LogP contribution is 2.25. The SMILES string of the molecule is OC(c1ccccc1)c1nc(-c2cccs2)no1. The highest BCUT2D eigenvalue weighted by atomic mass is 32.1. The summed E-state index contributed by atoms with van der Waals surface area (Å²) in [6.45, 7) is 0. The molecule has 1 N–H and O–H groups in total. The predicted molar refractivity (Wildman–Crippen MR) is 68.1 cm³/mol. The van der Waals surface area contributed by atoms with Crippen LogP contribution in [0, 0.1) is 0 Å². The third-order valence-corrected chi connectivity index (χ3v) is 3.40. The van der Waals surface area contributed by atoms with Crippen molar-refractivity contribution in [2.45, 2.75) is 6.10 Å². The fraction of sp³-hybridized carbons (Fsp3) is 0.0769. The maximum absolute atomic E-state index is 10.1. The molecule has 2 heterocycles.